The van der Waals surface area contributed by atoms with Crippen LogP contribution in [0.4, 0.5) is 0 Å². The van der Waals surface area contributed by atoms with Crippen LogP contribution in [0.1, 0.15) is 0 Å². The lowest BCUT2D eigenvalue weighted by Crippen LogP contribution is -2.19. The molecular formula is C6H14N3OP. The predicted octanol–water partition coefficient (Wildman–Crippen LogP) is 0.287. The van der Waals surface area contributed by atoms with Crippen LogP contribution in [0.25, 0.3) is 0 Å². The van der Waals surface area contributed by atoms with Gasteiger partial charge in [0.15, 0.2) is 0 Å². The zero-order valence-electron chi connectivity index (χ0n) is 7.03. The van der Waals surface area contributed by atoms with Gasteiger partial charge in [-0.05, 0) is 14.1 Å². The maximum Gasteiger partial charge on any atom is 0.286 e. The molecule has 0 N–H and O–H groups in total. The molecule has 0 unspecified atom stereocenters. The summed E-state index contributed by atoms with van der Waals surface area (Å²) >= 11 is 0. The molecule has 2 saturated heterocycles. The summed E-state index contributed by atoms with van der Waals surface area (Å²) in [6, 6.07) is 0. The molecule has 2 fully saturated rings. The lowest BCUT2D eigenvalue weighted by Gasteiger charge is -2.26. The van der Waals surface area contributed by atoms with Crippen molar-refractivity contribution in [2.75, 3.05) is 40.3 Å². The minimum atomic E-state index is -2.21. The summed E-state index contributed by atoms with van der Waals surface area (Å²) in [4.78, 5) is 0. The molecule has 0 aliphatic carbocycles. The highest BCUT2D eigenvalue weighted by atomic mass is 31.2. The Morgan fingerprint density at radius 3 is 1.64 bits per heavy atom. The van der Waals surface area contributed by atoms with Crippen LogP contribution in [-0.2, 0) is 4.57 Å². The fraction of sp³-hybridized carbons (Fsp3) is 1.00. The molecule has 0 saturated carbocycles. The lowest BCUT2D eigenvalue weighted by molar-refractivity contribution is 0.445. The molecule has 0 aromatic rings. The van der Waals surface area contributed by atoms with Gasteiger partial charge >= 0.3 is 0 Å². The molecule has 0 spiro atoms. The van der Waals surface area contributed by atoms with Gasteiger partial charge in [-0.15, -0.1) is 0 Å². The molecule has 64 valence electrons. The summed E-state index contributed by atoms with van der Waals surface area (Å²) < 4.78 is 18.2. The van der Waals surface area contributed by atoms with E-state index in [1.165, 1.54) is 0 Å². The van der Waals surface area contributed by atoms with Gasteiger partial charge in [0, 0.05) is 26.2 Å². The smallest absolute Gasteiger partial charge is 0.270 e. The first-order chi connectivity index (χ1) is 5.15. The summed E-state index contributed by atoms with van der Waals surface area (Å²) in [5.41, 5.74) is 0. The molecule has 2 aliphatic rings. The van der Waals surface area contributed by atoms with Crippen molar-refractivity contribution in [2.24, 2.45) is 0 Å². The normalized spacial score (nSPS) is 26.1. The van der Waals surface area contributed by atoms with E-state index in [0.717, 1.165) is 26.2 Å². The molecule has 0 amide bonds. The molecule has 5 heteroatoms. The molecule has 11 heavy (non-hydrogen) atoms. The third kappa shape index (κ3) is 1.14. The number of nitrogens with zero attached hydrogens (tertiary/aromatic N) is 3. The van der Waals surface area contributed by atoms with Crippen molar-refractivity contribution in [3.05, 3.63) is 0 Å². The largest absolute Gasteiger partial charge is 0.286 e. The Balaban J connectivity index is 2.17. The van der Waals surface area contributed by atoms with E-state index < -0.39 is 7.59 Å². The first kappa shape index (κ1) is 7.74. The highest BCUT2D eigenvalue weighted by Crippen LogP contribution is 2.61. The van der Waals surface area contributed by atoms with Crippen LogP contribution in [0, 0.1) is 0 Å². The van der Waals surface area contributed by atoms with E-state index in [9.17, 15) is 4.57 Å². The molecule has 2 aliphatic heterocycles. The Bertz CT molecular complexity index is 186. The van der Waals surface area contributed by atoms with Crippen LogP contribution in [0.15, 0.2) is 0 Å². The van der Waals surface area contributed by atoms with Crippen LogP contribution in [0.3, 0.4) is 0 Å². The molecule has 0 aromatic carbocycles. The van der Waals surface area contributed by atoms with Crippen molar-refractivity contribution in [3.63, 3.8) is 0 Å². The van der Waals surface area contributed by atoms with Crippen LogP contribution < -0.4 is 0 Å². The second kappa shape index (κ2) is 2.30. The van der Waals surface area contributed by atoms with Crippen molar-refractivity contribution < 1.29 is 4.57 Å². The first-order valence-electron chi connectivity index (χ1n) is 3.94. The second-order valence-corrected chi connectivity index (χ2v) is 6.23. The van der Waals surface area contributed by atoms with Gasteiger partial charge in [0.25, 0.3) is 7.59 Å². The van der Waals surface area contributed by atoms with E-state index in [-0.39, 0.29) is 0 Å². The van der Waals surface area contributed by atoms with Crippen molar-refractivity contribution in [1.29, 1.82) is 0 Å². The van der Waals surface area contributed by atoms with E-state index in [1.807, 2.05) is 18.8 Å². The summed E-state index contributed by atoms with van der Waals surface area (Å²) in [7, 11) is 1.59. The van der Waals surface area contributed by atoms with Gasteiger partial charge in [0.2, 0.25) is 0 Å². The van der Waals surface area contributed by atoms with Gasteiger partial charge in [-0.1, -0.05) is 0 Å². The summed E-state index contributed by atoms with van der Waals surface area (Å²) in [6.07, 6.45) is 0. The Morgan fingerprint density at radius 1 is 1.09 bits per heavy atom. The molecule has 0 radical (unpaired) electrons. The third-order valence-corrected chi connectivity index (χ3v) is 5.42. The average Bonchev–Trinajstić information content (AvgIpc) is 2.79. The quantitative estimate of drug-likeness (QED) is 0.455. The Labute approximate surface area is 67.3 Å². The topological polar surface area (TPSA) is 26.3 Å². The van der Waals surface area contributed by atoms with Gasteiger partial charge in [-0.3, -0.25) is 4.57 Å². The third-order valence-electron chi connectivity index (χ3n) is 2.11. The predicted molar refractivity (Wildman–Crippen MR) is 44.4 cm³/mol. The van der Waals surface area contributed by atoms with Crippen molar-refractivity contribution in [3.8, 4) is 0 Å². The van der Waals surface area contributed by atoms with Crippen LogP contribution in [-0.4, -0.2) is 54.3 Å². The van der Waals surface area contributed by atoms with E-state index in [4.69, 9.17) is 0 Å². The van der Waals surface area contributed by atoms with E-state index in [2.05, 4.69) is 9.34 Å². The maximum absolute atomic E-state index is 12.2. The van der Waals surface area contributed by atoms with Gasteiger partial charge in [-0.25, -0.2) is 14.0 Å². The summed E-state index contributed by atoms with van der Waals surface area (Å²) in [5, 5.41) is 0. The molecule has 0 aromatic heterocycles. The first-order valence-corrected chi connectivity index (χ1v) is 5.51. The maximum atomic E-state index is 12.2. The number of rotatable bonds is 3. The van der Waals surface area contributed by atoms with Crippen LogP contribution in [0.2, 0.25) is 0 Å². The Kier molecular flexibility index (Phi) is 1.62. The van der Waals surface area contributed by atoms with Crippen LogP contribution >= 0.6 is 7.59 Å². The molecule has 2 rings (SSSR count). The highest BCUT2D eigenvalue weighted by molar-refractivity contribution is 7.57. The fourth-order valence-corrected chi connectivity index (χ4v) is 3.89. The van der Waals surface area contributed by atoms with Gasteiger partial charge < -0.3 is 0 Å². The van der Waals surface area contributed by atoms with Crippen LogP contribution in [0.5, 0.6) is 0 Å². The average molecular weight is 175 g/mol. The summed E-state index contributed by atoms with van der Waals surface area (Å²) in [5.74, 6) is 0. The molecule has 0 bridgehead atoms. The Hall–Kier alpha value is 0.110. The minimum Gasteiger partial charge on any atom is -0.270 e. The van der Waals surface area contributed by atoms with Crippen molar-refractivity contribution >= 4 is 7.59 Å². The van der Waals surface area contributed by atoms with Gasteiger partial charge in [-0.2, -0.15) is 0 Å². The van der Waals surface area contributed by atoms with Crippen molar-refractivity contribution in [2.45, 2.75) is 0 Å². The van der Waals surface area contributed by atoms with E-state index >= 15 is 0 Å². The molecule has 2 heterocycles. The standard InChI is InChI=1S/C6H14N3OP/c1-7(2)11(10,8-3-4-8)9-5-6-9/h3-6H2,1-2H3. The SMILES string of the molecule is CN(C)P(=O)(N1CC1)N1CC1. The van der Waals surface area contributed by atoms with Gasteiger partial charge in [0.05, 0.1) is 0 Å². The zero-order valence-corrected chi connectivity index (χ0v) is 7.92. The number of hydrogen-bond donors (Lipinski definition) is 0. The monoisotopic (exact) mass is 175 g/mol. The summed E-state index contributed by atoms with van der Waals surface area (Å²) in [6.45, 7) is 4.02. The Morgan fingerprint density at radius 2 is 1.45 bits per heavy atom. The second-order valence-electron chi connectivity index (χ2n) is 3.27. The highest BCUT2D eigenvalue weighted by Gasteiger charge is 2.49. The molecule has 4 nitrogen and oxygen atoms in total. The number of hydrogen-bond acceptors (Lipinski definition) is 1. The minimum absolute atomic E-state index is 1.01. The van der Waals surface area contributed by atoms with E-state index in [0.29, 0.717) is 0 Å². The zero-order chi connectivity index (χ0) is 8.06. The van der Waals surface area contributed by atoms with Gasteiger partial charge in [0.1, 0.15) is 0 Å². The molecular weight excluding hydrogens is 161 g/mol. The fourth-order valence-electron chi connectivity index (χ4n) is 1.30. The van der Waals surface area contributed by atoms with E-state index in [1.54, 1.807) is 0 Å². The van der Waals surface area contributed by atoms with Crippen molar-refractivity contribution in [1.82, 2.24) is 14.0 Å². The lowest BCUT2D eigenvalue weighted by atomic mass is 11.0. The molecule has 0 atom stereocenters.